The Morgan fingerprint density at radius 2 is 1.45 bits per heavy atom. The molecule has 0 radical (unpaired) electrons. The minimum Gasteiger partial charge on any atom is -0.484 e. The van der Waals surface area contributed by atoms with Crippen LogP contribution >= 0.6 is 0 Å². The summed E-state index contributed by atoms with van der Waals surface area (Å²) < 4.78 is 65.4. The zero-order chi connectivity index (χ0) is 31.5. The van der Waals surface area contributed by atoms with Gasteiger partial charge in [-0.25, -0.2) is 17.2 Å². The molecule has 0 aromatic heterocycles. The Morgan fingerprint density at radius 3 is 2.07 bits per heavy atom. The lowest BCUT2D eigenvalue weighted by Gasteiger charge is -2.31. The van der Waals surface area contributed by atoms with Gasteiger partial charge in [-0.2, -0.15) is 0 Å². The first-order chi connectivity index (χ1) is 21.2. The van der Waals surface area contributed by atoms with Crippen LogP contribution in [0.2, 0.25) is 0 Å². The molecule has 4 rings (SSSR count). The average Bonchev–Trinajstić information content (AvgIpc) is 3.02. The van der Waals surface area contributed by atoms with Crippen molar-refractivity contribution in [3.63, 3.8) is 0 Å². The molecule has 9 nitrogen and oxygen atoms in total. The van der Waals surface area contributed by atoms with Gasteiger partial charge in [-0.1, -0.05) is 42.5 Å². The molecule has 0 aliphatic heterocycles. The molecular weight excluding hydrogens is 592 g/mol. The molecular formula is C32H31F2N3O6S. The molecule has 4 aromatic rings. The molecule has 0 aliphatic rings. The van der Waals surface area contributed by atoms with E-state index in [1.165, 1.54) is 72.7 Å². The molecule has 0 bridgehead atoms. The molecule has 1 atom stereocenters. The number of sulfonamides is 1. The van der Waals surface area contributed by atoms with Gasteiger partial charge in [0.05, 0.1) is 11.5 Å². The maximum Gasteiger partial charge on any atom is 0.261 e. The van der Waals surface area contributed by atoms with Gasteiger partial charge < -0.3 is 19.7 Å². The van der Waals surface area contributed by atoms with E-state index in [9.17, 15) is 26.8 Å². The highest BCUT2D eigenvalue weighted by molar-refractivity contribution is 7.92. The van der Waals surface area contributed by atoms with Crippen LogP contribution in [0.3, 0.4) is 0 Å². The molecule has 0 heterocycles. The van der Waals surface area contributed by atoms with E-state index in [1.54, 1.807) is 30.3 Å². The Hall–Kier alpha value is -4.81. The Kier molecular flexibility index (Phi) is 11.0. The number of nitrogens with zero attached hydrogens (tertiary/aromatic N) is 1. The highest BCUT2D eigenvalue weighted by Crippen LogP contribution is 2.25. The first-order valence-electron chi connectivity index (χ1n) is 13.5. The first kappa shape index (κ1) is 32.1. The number of rotatable bonds is 14. The van der Waals surface area contributed by atoms with Gasteiger partial charge >= 0.3 is 0 Å². The molecule has 2 N–H and O–H groups in total. The van der Waals surface area contributed by atoms with Gasteiger partial charge in [0, 0.05) is 25.9 Å². The Balaban J connectivity index is 1.53. The van der Waals surface area contributed by atoms with Crippen molar-refractivity contribution in [2.45, 2.75) is 17.5 Å². The normalized spacial score (nSPS) is 11.8. The first-order valence-corrected chi connectivity index (χ1v) is 15.0. The topological polar surface area (TPSA) is 114 Å². The van der Waals surface area contributed by atoms with Crippen molar-refractivity contribution in [3.8, 4) is 5.75 Å². The van der Waals surface area contributed by atoms with Crippen molar-refractivity contribution < 1.29 is 36.3 Å². The number of carbonyl (C=O) groups excluding carboxylic acids is 2. The largest absolute Gasteiger partial charge is 0.484 e. The van der Waals surface area contributed by atoms with Crippen LogP contribution in [-0.2, 0) is 30.9 Å². The number of ether oxygens (including phenoxy) is 2. The van der Waals surface area contributed by atoms with Crippen LogP contribution in [0.1, 0.15) is 17.2 Å². The minimum atomic E-state index is -3.97. The summed E-state index contributed by atoms with van der Waals surface area (Å²) in [6.07, 6.45) is 0. The monoisotopic (exact) mass is 623 g/mol. The van der Waals surface area contributed by atoms with E-state index in [2.05, 4.69) is 10.0 Å². The molecule has 12 heteroatoms. The van der Waals surface area contributed by atoms with Gasteiger partial charge in [-0.05, 0) is 71.8 Å². The van der Waals surface area contributed by atoms with Crippen molar-refractivity contribution in [2.75, 3.05) is 31.6 Å². The van der Waals surface area contributed by atoms with Crippen LogP contribution in [0.5, 0.6) is 5.75 Å². The van der Waals surface area contributed by atoms with Gasteiger partial charge in [0.1, 0.15) is 23.4 Å². The number of anilines is 1. The molecule has 0 saturated carbocycles. The summed E-state index contributed by atoms with van der Waals surface area (Å²) in [5, 5.41) is 2.79. The highest BCUT2D eigenvalue weighted by Gasteiger charge is 2.31. The summed E-state index contributed by atoms with van der Waals surface area (Å²) >= 11 is 0. The van der Waals surface area contributed by atoms with Crippen LogP contribution < -0.4 is 14.8 Å². The standard InChI is InChI=1S/C32H31F2N3O6S/c1-42-20-19-35-32(39)31(24-5-3-2-4-6-24)37(21-23-7-9-25(33)10-8-23)30(38)22-43-28-15-17-29(18-16-28)44(40,41)36-27-13-11-26(34)12-14-27/h2-18,31,36H,19-22H2,1H3,(H,35,39)/t31-/m1/s1. The number of hydrogen-bond acceptors (Lipinski definition) is 6. The van der Waals surface area contributed by atoms with Crippen LogP contribution in [0.15, 0.2) is 108 Å². The summed E-state index contributed by atoms with van der Waals surface area (Å²) in [6, 6.07) is 23.6. The van der Waals surface area contributed by atoms with Crippen molar-refractivity contribution in [1.29, 1.82) is 0 Å². The fraction of sp³-hybridized carbons (Fsp3) is 0.188. The summed E-state index contributed by atoms with van der Waals surface area (Å²) in [5.41, 5.74) is 1.34. The molecule has 4 aromatic carbocycles. The Labute approximate surface area is 254 Å². The lowest BCUT2D eigenvalue weighted by molar-refractivity contribution is -0.143. The molecule has 0 unspecified atom stereocenters. The van der Waals surface area contributed by atoms with E-state index in [0.29, 0.717) is 11.1 Å². The predicted molar refractivity (Wildman–Crippen MR) is 160 cm³/mol. The molecule has 0 aliphatic carbocycles. The number of hydrogen-bond donors (Lipinski definition) is 2. The Morgan fingerprint density at radius 1 is 0.841 bits per heavy atom. The lowest BCUT2D eigenvalue weighted by atomic mass is 10.0. The van der Waals surface area contributed by atoms with E-state index in [1.807, 2.05) is 0 Å². The summed E-state index contributed by atoms with van der Waals surface area (Å²) in [6.45, 7) is -0.00576. The second-order valence-corrected chi connectivity index (χ2v) is 11.3. The third-order valence-electron chi connectivity index (χ3n) is 6.46. The second kappa shape index (κ2) is 15.1. The van der Waals surface area contributed by atoms with Crippen LogP contribution in [-0.4, -0.2) is 52.0 Å². The highest BCUT2D eigenvalue weighted by atomic mass is 32.2. The lowest BCUT2D eigenvalue weighted by Crippen LogP contribution is -2.45. The fourth-order valence-corrected chi connectivity index (χ4v) is 5.32. The SMILES string of the molecule is COCCNC(=O)[C@@H](c1ccccc1)N(Cc1ccc(F)cc1)C(=O)COc1ccc(S(=O)(=O)Nc2ccc(F)cc2)cc1. The van der Waals surface area contributed by atoms with Gasteiger partial charge in [0.15, 0.2) is 6.61 Å². The van der Waals surface area contributed by atoms with Crippen molar-refractivity contribution in [3.05, 3.63) is 126 Å². The third-order valence-corrected chi connectivity index (χ3v) is 7.86. The molecule has 0 fully saturated rings. The quantitative estimate of drug-likeness (QED) is 0.197. The summed E-state index contributed by atoms with van der Waals surface area (Å²) in [4.78, 5) is 28.4. The van der Waals surface area contributed by atoms with Crippen molar-refractivity contribution in [1.82, 2.24) is 10.2 Å². The third kappa shape index (κ3) is 8.85. The molecule has 0 spiro atoms. The molecule has 0 saturated heterocycles. The zero-order valence-corrected chi connectivity index (χ0v) is 24.6. The fourth-order valence-electron chi connectivity index (χ4n) is 4.27. The van der Waals surface area contributed by atoms with Crippen LogP contribution in [0.25, 0.3) is 0 Å². The number of nitrogens with one attached hydrogen (secondary N) is 2. The number of amides is 2. The second-order valence-electron chi connectivity index (χ2n) is 9.62. The molecule has 44 heavy (non-hydrogen) atoms. The van der Waals surface area contributed by atoms with Crippen LogP contribution in [0.4, 0.5) is 14.5 Å². The van der Waals surface area contributed by atoms with Crippen LogP contribution in [0, 0.1) is 11.6 Å². The van der Waals surface area contributed by atoms with E-state index < -0.39 is 46.1 Å². The number of benzene rings is 4. The number of carbonyl (C=O) groups is 2. The van der Waals surface area contributed by atoms with Crippen molar-refractivity contribution in [2.24, 2.45) is 0 Å². The summed E-state index contributed by atoms with van der Waals surface area (Å²) in [7, 11) is -2.46. The number of methoxy groups -OCH3 is 1. The zero-order valence-electron chi connectivity index (χ0n) is 23.8. The average molecular weight is 624 g/mol. The molecule has 230 valence electrons. The van der Waals surface area contributed by atoms with E-state index in [-0.39, 0.29) is 36.0 Å². The van der Waals surface area contributed by atoms with Crippen molar-refractivity contribution >= 4 is 27.5 Å². The molecule has 2 amide bonds. The van der Waals surface area contributed by atoms with E-state index in [4.69, 9.17) is 9.47 Å². The van der Waals surface area contributed by atoms with Gasteiger partial charge in [0.2, 0.25) is 5.91 Å². The minimum absolute atomic E-state index is 0.0219. The van der Waals surface area contributed by atoms with Gasteiger partial charge in [-0.3, -0.25) is 14.3 Å². The Bertz CT molecular complexity index is 1640. The van der Waals surface area contributed by atoms with E-state index >= 15 is 0 Å². The smallest absolute Gasteiger partial charge is 0.261 e. The van der Waals surface area contributed by atoms with Gasteiger partial charge in [-0.15, -0.1) is 0 Å². The maximum absolute atomic E-state index is 13.7. The maximum atomic E-state index is 13.7. The number of halogens is 2. The van der Waals surface area contributed by atoms with E-state index in [0.717, 1.165) is 12.1 Å². The predicted octanol–water partition coefficient (Wildman–Crippen LogP) is 4.68. The van der Waals surface area contributed by atoms with Gasteiger partial charge in [0.25, 0.3) is 15.9 Å². The summed E-state index contributed by atoms with van der Waals surface area (Å²) in [5.74, 6) is -1.71.